The molecule has 1 aromatic heterocycles. The van der Waals surface area contributed by atoms with Crippen molar-refractivity contribution in [2.75, 3.05) is 7.05 Å². The molecule has 2 heteroatoms. The Balaban J connectivity index is 2.16. The monoisotopic (exact) mass is 191 g/mol. The Morgan fingerprint density at radius 2 is 2.36 bits per heavy atom. The minimum atomic E-state index is 0.283. The van der Waals surface area contributed by atoms with Crippen molar-refractivity contribution in [3.8, 4) is 0 Å². The smallest absolute Gasteiger partial charge is 0.124 e. The van der Waals surface area contributed by atoms with Gasteiger partial charge in [0, 0.05) is 0 Å². The molecule has 14 heavy (non-hydrogen) atoms. The van der Waals surface area contributed by atoms with Crippen LogP contribution in [0.15, 0.2) is 34.5 Å². The first kappa shape index (κ1) is 9.53. The van der Waals surface area contributed by atoms with Crippen molar-refractivity contribution < 1.29 is 4.42 Å². The van der Waals surface area contributed by atoms with Gasteiger partial charge in [-0.3, -0.25) is 0 Å². The van der Waals surface area contributed by atoms with Crippen LogP contribution in [0, 0.1) is 0 Å². The van der Waals surface area contributed by atoms with Crippen LogP contribution < -0.4 is 5.32 Å². The molecule has 1 atom stereocenters. The molecule has 1 aliphatic carbocycles. The number of rotatable bonds is 3. The van der Waals surface area contributed by atoms with Crippen molar-refractivity contribution in [2.24, 2.45) is 0 Å². The standard InChI is InChI=1S/C12H17NO/c1-13-12(11-8-5-9-14-11)10-6-3-2-4-7-10/h5-6,8-9,12-13H,2-4,7H2,1H3. The first-order valence-electron chi connectivity index (χ1n) is 5.31. The van der Waals surface area contributed by atoms with Crippen molar-refractivity contribution in [3.05, 3.63) is 35.8 Å². The van der Waals surface area contributed by atoms with Gasteiger partial charge in [0.2, 0.25) is 0 Å². The summed E-state index contributed by atoms with van der Waals surface area (Å²) in [5.41, 5.74) is 1.48. The molecule has 0 spiro atoms. The van der Waals surface area contributed by atoms with E-state index in [1.807, 2.05) is 19.2 Å². The zero-order valence-electron chi connectivity index (χ0n) is 8.62. The Bertz CT molecular complexity index is 300. The Morgan fingerprint density at radius 3 is 2.93 bits per heavy atom. The number of likely N-dealkylation sites (N-methyl/N-ethyl adjacent to an activating group) is 1. The SMILES string of the molecule is CNC(C1=CCCCC1)c1ccco1. The molecule has 1 N–H and O–H groups in total. The molecule has 0 radical (unpaired) electrons. The van der Waals surface area contributed by atoms with Crippen molar-refractivity contribution in [1.82, 2.24) is 5.32 Å². The summed E-state index contributed by atoms with van der Waals surface area (Å²) in [6.07, 6.45) is 9.15. The van der Waals surface area contributed by atoms with Crippen LogP contribution >= 0.6 is 0 Å². The first-order chi connectivity index (χ1) is 6.92. The highest BCUT2D eigenvalue weighted by atomic mass is 16.3. The molecule has 2 rings (SSSR count). The van der Waals surface area contributed by atoms with Gasteiger partial charge in [-0.05, 0) is 50.4 Å². The molecular weight excluding hydrogens is 174 g/mol. The molecule has 0 amide bonds. The van der Waals surface area contributed by atoms with Gasteiger partial charge in [-0.15, -0.1) is 0 Å². The van der Waals surface area contributed by atoms with Crippen LogP contribution in [-0.2, 0) is 0 Å². The van der Waals surface area contributed by atoms with Crippen LogP contribution in [0.5, 0.6) is 0 Å². The van der Waals surface area contributed by atoms with Crippen molar-refractivity contribution in [3.63, 3.8) is 0 Å². The predicted octanol–water partition coefficient (Wildman–Crippen LogP) is 3.04. The van der Waals surface area contributed by atoms with E-state index in [-0.39, 0.29) is 6.04 Å². The largest absolute Gasteiger partial charge is 0.467 e. The molecule has 1 unspecified atom stereocenters. The minimum absolute atomic E-state index is 0.283. The zero-order chi connectivity index (χ0) is 9.80. The molecule has 0 saturated heterocycles. The second-order valence-electron chi connectivity index (χ2n) is 3.76. The normalized spacial score (nSPS) is 19.1. The zero-order valence-corrected chi connectivity index (χ0v) is 8.62. The van der Waals surface area contributed by atoms with E-state index in [9.17, 15) is 0 Å². The average Bonchev–Trinajstić information content (AvgIpc) is 2.74. The molecule has 0 aromatic carbocycles. The summed E-state index contributed by atoms with van der Waals surface area (Å²) in [6, 6.07) is 4.27. The van der Waals surface area contributed by atoms with Gasteiger partial charge in [-0.2, -0.15) is 0 Å². The summed E-state index contributed by atoms with van der Waals surface area (Å²) in [7, 11) is 1.99. The number of allylic oxidation sites excluding steroid dienone is 1. The Hall–Kier alpha value is -1.02. The third-order valence-corrected chi connectivity index (χ3v) is 2.81. The van der Waals surface area contributed by atoms with Gasteiger partial charge >= 0.3 is 0 Å². The lowest BCUT2D eigenvalue weighted by Crippen LogP contribution is -2.19. The Kier molecular flexibility index (Phi) is 3.04. The third-order valence-electron chi connectivity index (χ3n) is 2.81. The molecule has 76 valence electrons. The van der Waals surface area contributed by atoms with Crippen molar-refractivity contribution in [2.45, 2.75) is 31.7 Å². The lowest BCUT2D eigenvalue weighted by Gasteiger charge is -2.20. The van der Waals surface area contributed by atoms with Gasteiger partial charge in [0.15, 0.2) is 0 Å². The van der Waals surface area contributed by atoms with Gasteiger partial charge in [-0.1, -0.05) is 6.08 Å². The van der Waals surface area contributed by atoms with E-state index in [0.29, 0.717) is 0 Å². The second kappa shape index (κ2) is 4.47. The van der Waals surface area contributed by atoms with E-state index in [1.54, 1.807) is 6.26 Å². The lowest BCUT2D eigenvalue weighted by molar-refractivity contribution is 0.447. The van der Waals surface area contributed by atoms with Crippen molar-refractivity contribution >= 4 is 0 Å². The molecule has 1 aliphatic rings. The summed E-state index contributed by atoms with van der Waals surface area (Å²) in [5, 5.41) is 3.31. The second-order valence-corrected chi connectivity index (χ2v) is 3.76. The molecule has 0 aliphatic heterocycles. The maximum atomic E-state index is 5.44. The first-order valence-corrected chi connectivity index (χ1v) is 5.31. The maximum Gasteiger partial charge on any atom is 0.124 e. The highest BCUT2D eigenvalue weighted by molar-refractivity contribution is 5.21. The van der Waals surface area contributed by atoms with Gasteiger partial charge in [0.05, 0.1) is 12.3 Å². The topological polar surface area (TPSA) is 25.2 Å². The highest BCUT2D eigenvalue weighted by Crippen LogP contribution is 2.29. The third kappa shape index (κ3) is 1.90. The Morgan fingerprint density at radius 1 is 1.43 bits per heavy atom. The van der Waals surface area contributed by atoms with Crippen LogP contribution in [0.4, 0.5) is 0 Å². The van der Waals surface area contributed by atoms with Crippen molar-refractivity contribution in [1.29, 1.82) is 0 Å². The van der Waals surface area contributed by atoms with Crippen LogP contribution in [0.3, 0.4) is 0 Å². The molecule has 2 nitrogen and oxygen atoms in total. The van der Waals surface area contributed by atoms with Crippen LogP contribution in [0.1, 0.15) is 37.5 Å². The van der Waals surface area contributed by atoms with Crippen LogP contribution in [0.2, 0.25) is 0 Å². The molecule has 0 bridgehead atoms. The van der Waals surface area contributed by atoms with Gasteiger partial charge < -0.3 is 9.73 Å². The van der Waals surface area contributed by atoms with E-state index in [4.69, 9.17) is 4.42 Å². The molecule has 0 saturated carbocycles. The van der Waals surface area contributed by atoms with Crippen LogP contribution in [-0.4, -0.2) is 7.05 Å². The van der Waals surface area contributed by atoms with Gasteiger partial charge in [0.25, 0.3) is 0 Å². The minimum Gasteiger partial charge on any atom is -0.467 e. The maximum absolute atomic E-state index is 5.44. The van der Waals surface area contributed by atoms with Gasteiger partial charge in [-0.25, -0.2) is 0 Å². The summed E-state index contributed by atoms with van der Waals surface area (Å²) < 4.78 is 5.44. The highest BCUT2D eigenvalue weighted by Gasteiger charge is 2.18. The van der Waals surface area contributed by atoms with Gasteiger partial charge in [0.1, 0.15) is 5.76 Å². The molecule has 1 aromatic rings. The molecule has 0 fully saturated rings. The van der Waals surface area contributed by atoms with E-state index in [1.165, 1.54) is 31.3 Å². The summed E-state index contributed by atoms with van der Waals surface area (Å²) in [5.74, 6) is 1.03. The fourth-order valence-electron chi connectivity index (χ4n) is 2.09. The van der Waals surface area contributed by atoms with E-state index in [2.05, 4.69) is 11.4 Å². The summed E-state index contributed by atoms with van der Waals surface area (Å²) in [4.78, 5) is 0. The Labute approximate surface area is 85.0 Å². The predicted molar refractivity (Wildman–Crippen MR) is 57.1 cm³/mol. The lowest BCUT2D eigenvalue weighted by atomic mass is 9.93. The summed E-state index contributed by atoms with van der Waals surface area (Å²) >= 11 is 0. The number of nitrogens with one attached hydrogen (secondary N) is 1. The molecule has 1 heterocycles. The van der Waals surface area contributed by atoms with E-state index >= 15 is 0 Å². The van der Waals surface area contributed by atoms with E-state index < -0.39 is 0 Å². The van der Waals surface area contributed by atoms with Crippen LogP contribution in [0.25, 0.3) is 0 Å². The fourth-order valence-corrected chi connectivity index (χ4v) is 2.09. The number of furan rings is 1. The number of hydrogen-bond acceptors (Lipinski definition) is 2. The summed E-state index contributed by atoms with van der Waals surface area (Å²) in [6.45, 7) is 0. The van der Waals surface area contributed by atoms with E-state index in [0.717, 1.165) is 5.76 Å². The molecular formula is C12H17NO. The fraction of sp³-hybridized carbons (Fsp3) is 0.500. The number of hydrogen-bond donors (Lipinski definition) is 1. The average molecular weight is 191 g/mol. The quantitative estimate of drug-likeness (QED) is 0.743.